The normalized spacial score (nSPS) is 22.2. The number of benzene rings is 1. The molecule has 2 aliphatic rings. The van der Waals surface area contributed by atoms with E-state index < -0.39 is 12.0 Å². The van der Waals surface area contributed by atoms with Crippen LogP contribution in [0.5, 0.6) is 0 Å². The maximum absolute atomic E-state index is 12.4. The maximum Gasteiger partial charge on any atom is 0.326 e. The highest BCUT2D eigenvalue weighted by atomic mass is 16.5. The number of ether oxygens (including phenoxy) is 2. The van der Waals surface area contributed by atoms with Gasteiger partial charge in [-0.1, -0.05) is 0 Å². The summed E-state index contributed by atoms with van der Waals surface area (Å²) < 4.78 is 10.7. The zero-order valence-corrected chi connectivity index (χ0v) is 14.1. The van der Waals surface area contributed by atoms with E-state index in [1.54, 1.807) is 12.1 Å². The van der Waals surface area contributed by atoms with Crippen molar-refractivity contribution in [2.45, 2.75) is 18.9 Å². The van der Waals surface area contributed by atoms with E-state index in [9.17, 15) is 14.7 Å². The van der Waals surface area contributed by atoms with Crippen molar-refractivity contribution in [2.24, 2.45) is 5.92 Å². The molecule has 2 fully saturated rings. The van der Waals surface area contributed by atoms with Gasteiger partial charge in [0, 0.05) is 36.9 Å². The number of anilines is 1. The van der Waals surface area contributed by atoms with E-state index in [0.29, 0.717) is 32.0 Å². The van der Waals surface area contributed by atoms with Crippen LogP contribution in [0, 0.1) is 5.92 Å². The number of carbonyl (C=O) groups excluding carboxylic acids is 1. The van der Waals surface area contributed by atoms with Crippen molar-refractivity contribution in [1.82, 2.24) is 5.32 Å². The molecule has 1 aromatic rings. The molecule has 2 atom stereocenters. The summed E-state index contributed by atoms with van der Waals surface area (Å²) in [4.78, 5) is 26.2. The summed E-state index contributed by atoms with van der Waals surface area (Å²) in [5, 5.41) is 12.1. The second kappa shape index (κ2) is 8.31. The molecule has 25 heavy (non-hydrogen) atoms. The fourth-order valence-corrected chi connectivity index (χ4v) is 3.28. The number of hydrogen-bond donors (Lipinski definition) is 2. The molecule has 1 amide bonds. The molecule has 2 N–H and O–H groups in total. The third-order valence-electron chi connectivity index (χ3n) is 4.73. The highest BCUT2D eigenvalue weighted by Gasteiger charge is 2.31. The highest BCUT2D eigenvalue weighted by molar-refractivity contribution is 5.97. The topological polar surface area (TPSA) is 88.1 Å². The van der Waals surface area contributed by atoms with Crippen molar-refractivity contribution in [1.29, 1.82) is 0 Å². The van der Waals surface area contributed by atoms with Crippen molar-refractivity contribution in [3.63, 3.8) is 0 Å². The molecule has 1 aromatic carbocycles. The Morgan fingerprint density at radius 2 is 1.84 bits per heavy atom. The van der Waals surface area contributed by atoms with Crippen LogP contribution in [-0.2, 0) is 14.3 Å². The Morgan fingerprint density at radius 1 is 1.12 bits per heavy atom. The quantitative estimate of drug-likeness (QED) is 0.829. The summed E-state index contributed by atoms with van der Waals surface area (Å²) in [5.74, 6) is -1.58. The molecule has 3 rings (SSSR count). The average molecular weight is 348 g/mol. The molecule has 2 unspecified atom stereocenters. The number of morpholine rings is 1. The molecule has 0 aliphatic carbocycles. The van der Waals surface area contributed by atoms with Gasteiger partial charge in [-0.3, -0.25) is 4.79 Å². The number of aliphatic carboxylic acids is 1. The molecule has 2 aliphatic heterocycles. The molecule has 136 valence electrons. The summed E-state index contributed by atoms with van der Waals surface area (Å²) in [6, 6.07) is 6.32. The van der Waals surface area contributed by atoms with Gasteiger partial charge < -0.3 is 24.8 Å². The minimum absolute atomic E-state index is 0.192. The number of nitrogens with zero attached hydrogens (tertiary/aromatic N) is 1. The van der Waals surface area contributed by atoms with E-state index >= 15 is 0 Å². The van der Waals surface area contributed by atoms with Crippen molar-refractivity contribution < 1.29 is 24.2 Å². The first-order valence-corrected chi connectivity index (χ1v) is 8.69. The summed E-state index contributed by atoms with van der Waals surface area (Å²) in [6.45, 7) is 4.08. The van der Waals surface area contributed by atoms with Crippen molar-refractivity contribution >= 4 is 17.6 Å². The molecule has 0 saturated carbocycles. The Hall–Kier alpha value is -2.12. The van der Waals surface area contributed by atoms with E-state index in [1.165, 1.54) is 0 Å². The third kappa shape index (κ3) is 4.49. The Kier molecular flexibility index (Phi) is 5.88. The minimum atomic E-state index is -1.02. The molecular formula is C18H24N2O5. The maximum atomic E-state index is 12.4. The molecular weight excluding hydrogens is 324 g/mol. The van der Waals surface area contributed by atoms with Gasteiger partial charge in [0.15, 0.2) is 0 Å². The number of amides is 1. The third-order valence-corrected chi connectivity index (χ3v) is 4.73. The number of nitrogens with one attached hydrogen (secondary N) is 1. The summed E-state index contributed by atoms with van der Waals surface area (Å²) in [5.41, 5.74) is 1.50. The first-order chi connectivity index (χ1) is 12.1. The minimum Gasteiger partial charge on any atom is -0.480 e. The summed E-state index contributed by atoms with van der Waals surface area (Å²) in [7, 11) is 0. The molecule has 7 heteroatoms. The Labute approximate surface area is 146 Å². The number of carboxylic acid groups (broad SMARTS) is 1. The van der Waals surface area contributed by atoms with E-state index in [2.05, 4.69) is 10.2 Å². The van der Waals surface area contributed by atoms with E-state index in [1.807, 2.05) is 12.1 Å². The number of rotatable bonds is 5. The number of hydrogen-bond acceptors (Lipinski definition) is 5. The van der Waals surface area contributed by atoms with Gasteiger partial charge in [-0.05, 0) is 37.1 Å². The van der Waals surface area contributed by atoms with Gasteiger partial charge in [0.05, 0.1) is 19.8 Å². The largest absolute Gasteiger partial charge is 0.480 e. The second-order valence-corrected chi connectivity index (χ2v) is 6.41. The smallest absolute Gasteiger partial charge is 0.326 e. The second-order valence-electron chi connectivity index (χ2n) is 6.41. The van der Waals surface area contributed by atoms with Gasteiger partial charge in [-0.15, -0.1) is 0 Å². The van der Waals surface area contributed by atoms with Crippen LogP contribution in [0.3, 0.4) is 0 Å². The number of carbonyl (C=O) groups is 2. The van der Waals surface area contributed by atoms with E-state index in [-0.39, 0.29) is 11.8 Å². The highest BCUT2D eigenvalue weighted by Crippen LogP contribution is 2.20. The van der Waals surface area contributed by atoms with Gasteiger partial charge in [0.25, 0.3) is 5.91 Å². The van der Waals surface area contributed by atoms with E-state index in [4.69, 9.17) is 9.47 Å². The zero-order chi connectivity index (χ0) is 17.6. The predicted octanol–water partition coefficient (Wildman–Crippen LogP) is 1.13. The Balaban J connectivity index is 1.63. The van der Waals surface area contributed by atoms with Crippen LogP contribution in [0.4, 0.5) is 5.69 Å². The lowest BCUT2D eigenvalue weighted by atomic mass is 9.93. The van der Waals surface area contributed by atoms with Crippen LogP contribution >= 0.6 is 0 Å². The average Bonchev–Trinajstić information content (AvgIpc) is 2.67. The summed E-state index contributed by atoms with van der Waals surface area (Å²) in [6.07, 6.45) is 1.56. The lowest BCUT2D eigenvalue weighted by Crippen LogP contribution is -2.48. The van der Waals surface area contributed by atoms with Crippen LogP contribution in [0.25, 0.3) is 0 Å². The monoisotopic (exact) mass is 348 g/mol. The van der Waals surface area contributed by atoms with Crippen molar-refractivity contribution in [2.75, 3.05) is 44.4 Å². The van der Waals surface area contributed by atoms with Crippen molar-refractivity contribution in [3.05, 3.63) is 29.8 Å². The standard InChI is InChI=1S/C18H24N2O5/c21-17(19-16(18(22)23)14-2-1-9-25-12-14)13-3-5-15(6-4-13)20-7-10-24-11-8-20/h3-6,14,16H,1-2,7-12H2,(H,19,21)(H,22,23). The van der Waals surface area contributed by atoms with E-state index in [0.717, 1.165) is 31.6 Å². The van der Waals surface area contributed by atoms with Gasteiger partial charge in [-0.25, -0.2) is 4.79 Å². The van der Waals surface area contributed by atoms with Crippen molar-refractivity contribution in [3.8, 4) is 0 Å². The number of carboxylic acids is 1. The lowest BCUT2D eigenvalue weighted by molar-refractivity contribution is -0.142. The first kappa shape index (κ1) is 17.7. The molecule has 2 saturated heterocycles. The molecule has 2 heterocycles. The van der Waals surface area contributed by atoms with Crippen LogP contribution < -0.4 is 10.2 Å². The lowest BCUT2D eigenvalue weighted by Gasteiger charge is -2.29. The SMILES string of the molecule is O=C(NC(C(=O)O)C1CCCOC1)c1ccc(N2CCOCC2)cc1. The van der Waals surface area contributed by atoms with Crippen LogP contribution in [0.1, 0.15) is 23.2 Å². The van der Waals surface area contributed by atoms with Gasteiger partial charge >= 0.3 is 5.97 Å². The van der Waals surface area contributed by atoms with Crippen LogP contribution in [-0.4, -0.2) is 62.5 Å². The first-order valence-electron chi connectivity index (χ1n) is 8.69. The van der Waals surface area contributed by atoms with Crippen LogP contribution in [0.15, 0.2) is 24.3 Å². The molecule has 0 spiro atoms. The van der Waals surface area contributed by atoms with Gasteiger partial charge in [0.2, 0.25) is 0 Å². The molecule has 0 aromatic heterocycles. The fourth-order valence-electron chi connectivity index (χ4n) is 3.28. The van der Waals surface area contributed by atoms with Gasteiger partial charge in [0.1, 0.15) is 6.04 Å². The molecule has 0 radical (unpaired) electrons. The van der Waals surface area contributed by atoms with Crippen LogP contribution in [0.2, 0.25) is 0 Å². The van der Waals surface area contributed by atoms with Gasteiger partial charge in [-0.2, -0.15) is 0 Å². The molecule has 7 nitrogen and oxygen atoms in total. The zero-order valence-electron chi connectivity index (χ0n) is 14.1. The Morgan fingerprint density at radius 3 is 2.44 bits per heavy atom. The predicted molar refractivity (Wildman–Crippen MR) is 91.9 cm³/mol. The fraction of sp³-hybridized carbons (Fsp3) is 0.556. The Bertz CT molecular complexity index is 592. The molecule has 0 bridgehead atoms. The summed E-state index contributed by atoms with van der Waals surface area (Å²) >= 11 is 0.